The van der Waals surface area contributed by atoms with Crippen molar-refractivity contribution < 1.29 is 0 Å². The molecule has 0 unspecified atom stereocenters. The Hall–Kier alpha value is 0.0200. The summed E-state index contributed by atoms with van der Waals surface area (Å²) in [5, 5.41) is 0. The molecule has 0 rings (SSSR count). The third-order valence-corrected chi connectivity index (χ3v) is 1.70. The summed E-state index contributed by atoms with van der Waals surface area (Å²) in [5.41, 5.74) is 8.59. The van der Waals surface area contributed by atoms with Crippen molar-refractivity contribution in [2.24, 2.45) is 5.73 Å². The van der Waals surface area contributed by atoms with Crippen molar-refractivity contribution in [1.29, 1.82) is 0 Å². The van der Waals surface area contributed by atoms with E-state index in [1.165, 1.54) is 11.1 Å². The van der Waals surface area contributed by atoms with Crippen molar-refractivity contribution in [2.45, 2.75) is 25.3 Å². The molecule has 2 N–H and O–H groups in total. The van der Waals surface area contributed by atoms with E-state index in [0.717, 1.165) is 12.8 Å². The molecule has 0 aromatic carbocycles. The summed E-state index contributed by atoms with van der Waals surface area (Å²) in [7, 11) is 0. The van der Waals surface area contributed by atoms with Crippen molar-refractivity contribution in [3.8, 4) is 0 Å². The Balaban J connectivity index is 3.78. The fraction of sp³-hybridized carbons (Fsp3) is 0.500. The molecule has 0 spiro atoms. The van der Waals surface area contributed by atoms with Gasteiger partial charge in [-0.2, -0.15) is 0 Å². The van der Waals surface area contributed by atoms with E-state index in [9.17, 15) is 0 Å². The highest BCUT2D eigenvalue weighted by molar-refractivity contribution is 6.25. The first-order valence-electron chi connectivity index (χ1n) is 3.42. The molecule has 0 amide bonds. The Morgan fingerprint density at radius 2 is 1.55 bits per heavy atom. The maximum absolute atomic E-state index is 5.87. The molecule has 3 heteroatoms. The van der Waals surface area contributed by atoms with Gasteiger partial charge in [-0.1, -0.05) is 35.4 Å². The molecule has 0 aliphatic carbocycles. The molecule has 0 atom stereocenters. The third-order valence-electron chi connectivity index (χ3n) is 1.35. The van der Waals surface area contributed by atoms with Crippen molar-refractivity contribution in [1.82, 2.24) is 0 Å². The van der Waals surface area contributed by atoms with Crippen LogP contribution in [0.15, 0.2) is 23.2 Å². The summed E-state index contributed by atoms with van der Waals surface area (Å²) >= 11 is 10.7. The van der Waals surface area contributed by atoms with Gasteiger partial charge in [0.25, 0.3) is 0 Å². The maximum Gasteiger partial charge on any atom is 0.0196 e. The molecule has 0 saturated carbocycles. The Morgan fingerprint density at radius 3 is 1.82 bits per heavy atom. The highest BCUT2D eigenvalue weighted by atomic mass is 35.5. The highest BCUT2D eigenvalue weighted by Crippen LogP contribution is 2.12. The standard InChI is InChI=1S/C8H13Cl2N/c1-8(11,4-2-6-9)5-3-7-10/h2-3,6-7H,4-5,11H2,1H3/b6-2+,7-3+. The van der Waals surface area contributed by atoms with Crippen molar-refractivity contribution in [2.75, 3.05) is 0 Å². The molecule has 0 radical (unpaired) electrons. The van der Waals surface area contributed by atoms with Gasteiger partial charge in [0.15, 0.2) is 0 Å². The van der Waals surface area contributed by atoms with Crippen LogP contribution in [-0.4, -0.2) is 5.54 Å². The number of hydrogen-bond acceptors (Lipinski definition) is 1. The topological polar surface area (TPSA) is 26.0 Å². The minimum absolute atomic E-state index is 0.239. The van der Waals surface area contributed by atoms with E-state index in [-0.39, 0.29) is 5.54 Å². The summed E-state index contributed by atoms with van der Waals surface area (Å²) in [5.74, 6) is 0. The normalized spacial score (nSPS) is 13.5. The van der Waals surface area contributed by atoms with Gasteiger partial charge in [0.2, 0.25) is 0 Å². The lowest BCUT2D eigenvalue weighted by atomic mass is 9.95. The zero-order valence-corrected chi connectivity index (χ0v) is 8.07. The molecular weight excluding hydrogens is 181 g/mol. The van der Waals surface area contributed by atoms with Crippen LogP contribution in [0, 0.1) is 0 Å². The molecule has 0 aliphatic rings. The van der Waals surface area contributed by atoms with Crippen molar-refractivity contribution >= 4 is 23.2 Å². The van der Waals surface area contributed by atoms with Gasteiger partial charge >= 0.3 is 0 Å². The minimum atomic E-state index is -0.239. The van der Waals surface area contributed by atoms with Crippen LogP contribution in [0.3, 0.4) is 0 Å². The van der Waals surface area contributed by atoms with Crippen LogP contribution in [0.5, 0.6) is 0 Å². The van der Waals surface area contributed by atoms with Crippen LogP contribution >= 0.6 is 23.2 Å². The van der Waals surface area contributed by atoms with Crippen LogP contribution in [0.2, 0.25) is 0 Å². The highest BCUT2D eigenvalue weighted by Gasteiger charge is 2.13. The Bertz CT molecular complexity index is 134. The minimum Gasteiger partial charge on any atom is -0.325 e. The van der Waals surface area contributed by atoms with Gasteiger partial charge in [-0.3, -0.25) is 0 Å². The van der Waals surface area contributed by atoms with E-state index >= 15 is 0 Å². The zero-order valence-electron chi connectivity index (χ0n) is 6.56. The first-order chi connectivity index (χ1) is 5.12. The first-order valence-corrected chi connectivity index (χ1v) is 4.29. The van der Waals surface area contributed by atoms with Gasteiger partial charge in [-0.05, 0) is 19.8 Å². The largest absolute Gasteiger partial charge is 0.325 e. The smallest absolute Gasteiger partial charge is 0.0196 e. The molecular formula is C8H13Cl2N. The van der Waals surface area contributed by atoms with E-state index in [4.69, 9.17) is 28.9 Å². The van der Waals surface area contributed by atoms with Gasteiger partial charge in [-0.25, -0.2) is 0 Å². The van der Waals surface area contributed by atoms with Gasteiger partial charge in [0, 0.05) is 16.6 Å². The van der Waals surface area contributed by atoms with Crippen LogP contribution in [0.4, 0.5) is 0 Å². The quantitative estimate of drug-likeness (QED) is 0.731. The average Bonchev–Trinajstić information content (AvgIpc) is 1.97. The fourth-order valence-corrected chi connectivity index (χ4v) is 0.889. The molecule has 64 valence electrons. The predicted octanol–water partition coefficient (Wildman–Crippen LogP) is 2.99. The van der Waals surface area contributed by atoms with Crippen LogP contribution in [0.25, 0.3) is 0 Å². The molecule has 0 fully saturated rings. The Kier molecular flexibility index (Phi) is 5.65. The molecule has 0 aliphatic heterocycles. The number of nitrogens with two attached hydrogens (primary N) is 1. The molecule has 0 aromatic rings. The van der Waals surface area contributed by atoms with Crippen molar-refractivity contribution in [3.63, 3.8) is 0 Å². The van der Waals surface area contributed by atoms with Crippen LogP contribution in [-0.2, 0) is 0 Å². The molecule has 0 heterocycles. The third kappa shape index (κ3) is 6.42. The predicted molar refractivity (Wildman–Crippen MR) is 51.8 cm³/mol. The van der Waals surface area contributed by atoms with Gasteiger partial charge in [0.1, 0.15) is 0 Å². The lowest BCUT2D eigenvalue weighted by Gasteiger charge is -2.20. The van der Waals surface area contributed by atoms with E-state index < -0.39 is 0 Å². The van der Waals surface area contributed by atoms with E-state index in [1.54, 1.807) is 0 Å². The lowest BCUT2D eigenvalue weighted by molar-refractivity contribution is 0.482. The SMILES string of the molecule is CC(N)(C/C=C/Cl)C/C=C/Cl. The van der Waals surface area contributed by atoms with E-state index in [2.05, 4.69) is 0 Å². The maximum atomic E-state index is 5.87. The molecule has 0 saturated heterocycles. The number of halogens is 2. The second kappa shape index (κ2) is 5.64. The molecule has 1 nitrogen and oxygen atoms in total. The average molecular weight is 194 g/mol. The molecule has 0 aromatic heterocycles. The van der Waals surface area contributed by atoms with Gasteiger partial charge in [0.05, 0.1) is 0 Å². The lowest BCUT2D eigenvalue weighted by Crippen LogP contribution is -2.34. The summed E-state index contributed by atoms with van der Waals surface area (Å²) in [4.78, 5) is 0. The van der Waals surface area contributed by atoms with Crippen molar-refractivity contribution in [3.05, 3.63) is 23.2 Å². The summed E-state index contributed by atoms with van der Waals surface area (Å²) in [6.07, 6.45) is 5.20. The summed E-state index contributed by atoms with van der Waals surface area (Å²) in [6, 6.07) is 0. The Morgan fingerprint density at radius 1 is 1.18 bits per heavy atom. The van der Waals surface area contributed by atoms with E-state index in [0.29, 0.717) is 0 Å². The summed E-state index contributed by atoms with van der Waals surface area (Å²) < 4.78 is 0. The first kappa shape index (κ1) is 11.0. The van der Waals surface area contributed by atoms with Gasteiger partial charge in [-0.15, -0.1) is 0 Å². The van der Waals surface area contributed by atoms with Crippen LogP contribution < -0.4 is 5.73 Å². The monoisotopic (exact) mass is 193 g/mol. The fourth-order valence-electron chi connectivity index (χ4n) is 0.711. The molecule has 0 bridgehead atoms. The second-order valence-electron chi connectivity index (χ2n) is 2.79. The molecule has 11 heavy (non-hydrogen) atoms. The van der Waals surface area contributed by atoms with Crippen LogP contribution in [0.1, 0.15) is 19.8 Å². The zero-order chi connectivity index (χ0) is 8.74. The van der Waals surface area contributed by atoms with Gasteiger partial charge < -0.3 is 5.73 Å². The summed E-state index contributed by atoms with van der Waals surface area (Å²) in [6.45, 7) is 1.96. The Labute approximate surface area is 77.9 Å². The number of rotatable bonds is 4. The second-order valence-corrected chi connectivity index (χ2v) is 3.29. The number of hydrogen-bond donors (Lipinski definition) is 1. The van der Waals surface area contributed by atoms with E-state index in [1.807, 2.05) is 19.1 Å².